The fourth-order valence-corrected chi connectivity index (χ4v) is 2.16. The molecule has 0 heterocycles. The molecule has 2 rings (SSSR count). The molecule has 0 fully saturated rings. The molecular weight excluding hydrogens is 352 g/mol. The molecule has 0 saturated carbocycles. The summed E-state index contributed by atoms with van der Waals surface area (Å²) in [6.07, 6.45) is 0. The second-order valence-corrected chi connectivity index (χ2v) is 5.60. The minimum absolute atomic E-state index is 0.0454. The summed E-state index contributed by atoms with van der Waals surface area (Å²) in [6.45, 7) is 3.76. The zero-order chi connectivity index (χ0) is 20.4. The molecule has 27 heavy (non-hydrogen) atoms. The third kappa shape index (κ3) is 8.04. The van der Waals surface area contributed by atoms with Crippen LogP contribution in [-0.2, 0) is 37.1 Å². The number of hydrogen-bond acceptors (Lipinski definition) is 6. The maximum Gasteiger partial charge on any atom is 0.302 e. The highest BCUT2D eigenvalue weighted by Gasteiger charge is 2.13. The number of aliphatic carboxylic acids is 1. The van der Waals surface area contributed by atoms with Crippen molar-refractivity contribution in [2.45, 2.75) is 34.0 Å². The predicted molar refractivity (Wildman–Crippen MR) is 97.8 cm³/mol. The van der Waals surface area contributed by atoms with Crippen molar-refractivity contribution in [3.63, 3.8) is 0 Å². The van der Waals surface area contributed by atoms with Crippen LogP contribution in [0.3, 0.4) is 0 Å². The minimum Gasteiger partial charge on any atom is -0.507 e. The summed E-state index contributed by atoms with van der Waals surface area (Å²) in [5.74, 6) is -1.61. The summed E-state index contributed by atoms with van der Waals surface area (Å²) < 4.78 is 9.98. The van der Waals surface area contributed by atoms with Crippen LogP contribution in [0.4, 0.5) is 0 Å². The molecule has 2 aromatic carbocycles. The van der Waals surface area contributed by atoms with Crippen LogP contribution in [-0.4, -0.2) is 28.1 Å². The monoisotopic (exact) mass is 374 g/mol. The molecule has 0 aromatic heterocycles. The predicted octanol–water partition coefficient (Wildman–Crippen LogP) is 3.28. The maximum absolute atomic E-state index is 11.0. The lowest BCUT2D eigenvalue weighted by Gasteiger charge is -2.13. The number of hydrogen-bond donors (Lipinski definition) is 2. The average molecular weight is 374 g/mol. The number of carboxylic acids is 1. The van der Waals surface area contributed by atoms with Crippen LogP contribution < -0.4 is 0 Å². The molecule has 0 spiro atoms. The van der Waals surface area contributed by atoms with Crippen molar-refractivity contribution in [2.24, 2.45) is 0 Å². The van der Waals surface area contributed by atoms with Gasteiger partial charge in [0, 0.05) is 31.9 Å². The lowest BCUT2D eigenvalue weighted by Crippen LogP contribution is -2.03. The number of phenolic OH excluding ortho intramolecular Hbond substituents is 1. The lowest BCUT2D eigenvalue weighted by atomic mass is 9.98. The second kappa shape index (κ2) is 10.6. The number of aromatic hydroxyl groups is 1. The Balaban J connectivity index is 0.000000828. The fraction of sp³-hybridized carbons (Fsp3) is 0.250. The molecule has 0 aliphatic rings. The molecule has 0 unspecified atom stereocenters. The highest BCUT2D eigenvalue weighted by Crippen LogP contribution is 2.34. The molecule has 0 atom stereocenters. The highest BCUT2D eigenvalue weighted by atomic mass is 16.5. The molecular formula is C20H22O7. The number of benzene rings is 2. The van der Waals surface area contributed by atoms with E-state index in [1.54, 1.807) is 12.1 Å². The first-order valence-electron chi connectivity index (χ1n) is 8.07. The minimum atomic E-state index is -0.833. The molecule has 0 aliphatic heterocycles. The third-order valence-electron chi connectivity index (χ3n) is 3.21. The Morgan fingerprint density at radius 2 is 1.41 bits per heavy atom. The molecule has 0 amide bonds. The van der Waals surface area contributed by atoms with Gasteiger partial charge in [-0.3, -0.25) is 14.4 Å². The summed E-state index contributed by atoms with van der Waals surface area (Å²) >= 11 is 0. The van der Waals surface area contributed by atoms with E-state index in [1.165, 1.54) is 13.8 Å². The molecule has 0 saturated heterocycles. The maximum atomic E-state index is 11.0. The first-order chi connectivity index (χ1) is 12.7. The Morgan fingerprint density at radius 3 is 1.93 bits per heavy atom. The summed E-state index contributed by atoms with van der Waals surface area (Å²) in [5, 5.41) is 17.9. The van der Waals surface area contributed by atoms with Crippen molar-refractivity contribution in [3.05, 3.63) is 53.6 Å². The summed E-state index contributed by atoms with van der Waals surface area (Å²) in [6, 6.07) is 12.7. The van der Waals surface area contributed by atoms with E-state index < -0.39 is 11.9 Å². The quantitative estimate of drug-likeness (QED) is 0.773. The van der Waals surface area contributed by atoms with Crippen molar-refractivity contribution in [1.29, 1.82) is 0 Å². The van der Waals surface area contributed by atoms with Gasteiger partial charge in [0.15, 0.2) is 0 Å². The van der Waals surface area contributed by atoms with Gasteiger partial charge in [-0.05, 0) is 23.3 Å². The first kappa shape index (κ1) is 21.7. The smallest absolute Gasteiger partial charge is 0.302 e. The molecule has 0 aliphatic carbocycles. The third-order valence-corrected chi connectivity index (χ3v) is 3.21. The summed E-state index contributed by atoms with van der Waals surface area (Å²) in [4.78, 5) is 31.0. The number of esters is 2. The van der Waals surface area contributed by atoms with Crippen LogP contribution in [0.25, 0.3) is 11.1 Å². The fourth-order valence-electron chi connectivity index (χ4n) is 2.16. The molecule has 2 N–H and O–H groups in total. The zero-order valence-corrected chi connectivity index (χ0v) is 15.4. The van der Waals surface area contributed by atoms with Crippen molar-refractivity contribution >= 4 is 17.9 Å². The molecule has 2 aromatic rings. The van der Waals surface area contributed by atoms with Crippen LogP contribution in [0.2, 0.25) is 0 Å². The normalized spacial score (nSPS) is 9.59. The number of phenols is 1. The van der Waals surface area contributed by atoms with Crippen LogP contribution in [0.1, 0.15) is 31.9 Å². The van der Waals surface area contributed by atoms with Gasteiger partial charge in [-0.25, -0.2) is 0 Å². The Bertz CT molecular complexity index is 793. The second-order valence-electron chi connectivity index (χ2n) is 5.60. The number of carbonyl (C=O) groups is 3. The van der Waals surface area contributed by atoms with Gasteiger partial charge >= 0.3 is 11.9 Å². The largest absolute Gasteiger partial charge is 0.507 e. The summed E-state index contributed by atoms with van der Waals surface area (Å²) in [7, 11) is 0. The van der Waals surface area contributed by atoms with E-state index in [-0.39, 0.29) is 24.9 Å². The van der Waals surface area contributed by atoms with E-state index in [1.807, 2.05) is 30.3 Å². The van der Waals surface area contributed by atoms with Gasteiger partial charge in [0.1, 0.15) is 19.0 Å². The number of carbonyl (C=O) groups excluding carboxylic acids is 2. The van der Waals surface area contributed by atoms with Crippen molar-refractivity contribution in [1.82, 2.24) is 0 Å². The Kier molecular flexibility index (Phi) is 8.51. The standard InChI is InChI=1S/C18H18O5.C2H4O2/c1-12(19)22-10-14-8-16(11-23-13(2)20)18(21)17(9-14)15-6-4-3-5-7-15;1-2(3)4/h3-9,21H,10-11H2,1-2H3;1H3,(H,3,4). The van der Waals surface area contributed by atoms with E-state index in [0.717, 1.165) is 12.5 Å². The van der Waals surface area contributed by atoms with Crippen molar-refractivity contribution in [3.8, 4) is 16.9 Å². The van der Waals surface area contributed by atoms with Crippen LogP contribution in [0.5, 0.6) is 5.75 Å². The van der Waals surface area contributed by atoms with Crippen molar-refractivity contribution in [2.75, 3.05) is 0 Å². The van der Waals surface area contributed by atoms with Crippen LogP contribution in [0, 0.1) is 0 Å². The molecule has 0 bridgehead atoms. The topological polar surface area (TPSA) is 110 Å². The SMILES string of the molecule is CC(=O)O.CC(=O)OCc1cc(COC(C)=O)c(O)c(-c2ccccc2)c1. The van der Waals surface area contributed by atoms with Gasteiger partial charge < -0.3 is 19.7 Å². The van der Waals surface area contributed by atoms with Gasteiger partial charge in [-0.2, -0.15) is 0 Å². The Hall–Kier alpha value is -3.35. The average Bonchev–Trinajstić information content (AvgIpc) is 2.59. The van der Waals surface area contributed by atoms with Crippen molar-refractivity contribution < 1.29 is 34.1 Å². The highest BCUT2D eigenvalue weighted by molar-refractivity contribution is 5.73. The number of ether oxygens (including phenoxy) is 2. The zero-order valence-electron chi connectivity index (χ0n) is 15.4. The molecule has 0 radical (unpaired) electrons. The molecule has 7 heteroatoms. The van der Waals surface area contributed by atoms with Gasteiger partial charge in [-0.15, -0.1) is 0 Å². The molecule has 7 nitrogen and oxygen atoms in total. The van der Waals surface area contributed by atoms with E-state index in [4.69, 9.17) is 19.4 Å². The molecule has 144 valence electrons. The first-order valence-corrected chi connectivity index (χ1v) is 8.07. The Morgan fingerprint density at radius 1 is 0.889 bits per heavy atom. The van der Waals surface area contributed by atoms with Crippen LogP contribution >= 0.6 is 0 Å². The van der Waals surface area contributed by atoms with Gasteiger partial charge in [0.2, 0.25) is 0 Å². The van der Waals surface area contributed by atoms with Crippen LogP contribution in [0.15, 0.2) is 42.5 Å². The number of carboxylic acid groups (broad SMARTS) is 1. The number of rotatable bonds is 5. The van der Waals surface area contributed by atoms with E-state index >= 15 is 0 Å². The van der Waals surface area contributed by atoms with Gasteiger partial charge in [0.25, 0.3) is 5.97 Å². The van der Waals surface area contributed by atoms with E-state index in [0.29, 0.717) is 16.7 Å². The van der Waals surface area contributed by atoms with E-state index in [2.05, 4.69) is 0 Å². The van der Waals surface area contributed by atoms with Gasteiger partial charge in [-0.1, -0.05) is 30.3 Å². The van der Waals surface area contributed by atoms with Gasteiger partial charge in [0.05, 0.1) is 0 Å². The van der Waals surface area contributed by atoms with E-state index in [9.17, 15) is 14.7 Å². The summed E-state index contributed by atoms with van der Waals surface area (Å²) in [5.41, 5.74) is 2.58. The lowest BCUT2D eigenvalue weighted by molar-refractivity contribution is -0.143. The Labute approximate surface area is 157 Å².